The van der Waals surface area contributed by atoms with Gasteiger partial charge in [-0.1, -0.05) is 6.92 Å². The maximum atomic E-state index is 4.33. The molecule has 2 rings (SSSR count). The SMILES string of the molecule is Cc1n[nH]c(C)c1CNCC(C)c1nccs1. The van der Waals surface area contributed by atoms with Crippen LogP contribution in [0.25, 0.3) is 0 Å². The van der Waals surface area contributed by atoms with Gasteiger partial charge in [0.05, 0.1) is 10.7 Å². The molecular weight excluding hydrogens is 232 g/mol. The summed E-state index contributed by atoms with van der Waals surface area (Å²) in [6, 6.07) is 0. The first-order valence-corrected chi connectivity index (χ1v) is 6.67. The van der Waals surface area contributed by atoms with Gasteiger partial charge in [0.2, 0.25) is 0 Å². The molecule has 5 heteroatoms. The van der Waals surface area contributed by atoms with Crippen LogP contribution < -0.4 is 5.32 Å². The molecule has 2 aromatic heterocycles. The summed E-state index contributed by atoms with van der Waals surface area (Å²) in [4.78, 5) is 4.33. The predicted octanol–water partition coefficient (Wildman–Crippen LogP) is 2.38. The van der Waals surface area contributed by atoms with E-state index >= 15 is 0 Å². The first-order chi connectivity index (χ1) is 8.18. The van der Waals surface area contributed by atoms with E-state index in [2.05, 4.69) is 34.3 Å². The van der Waals surface area contributed by atoms with Gasteiger partial charge in [-0.15, -0.1) is 11.3 Å². The summed E-state index contributed by atoms with van der Waals surface area (Å²) in [7, 11) is 0. The zero-order valence-electron chi connectivity index (χ0n) is 10.4. The topological polar surface area (TPSA) is 53.6 Å². The van der Waals surface area contributed by atoms with Crippen molar-refractivity contribution in [2.45, 2.75) is 33.2 Å². The number of rotatable bonds is 5. The molecule has 0 saturated carbocycles. The van der Waals surface area contributed by atoms with E-state index in [1.54, 1.807) is 11.3 Å². The molecule has 2 N–H and O–H groups in total. The van der Waals surface area contributed by atoms with Gasteiger partial charge in [0.1, 0.15) is 0 Å². The summed E-state index contributed by atoms with van der Waals surface area (Å²) < 4.78 is 0. The van der Waals surface area contributed by atoms with Crippen molar-refractivity contribution >= 4 is 11.3 Å². The van der Waals surface area contributed by atoms with Crippen LogP contribution in [0.15, 0.2) is 11.6 Å². The predicted molar refractivity (Wildman–Crippen MR) is 70.3 cm³/mol. The van der Waals surface area contributed by atoms with Gasteiger partial charge in [-0.3, -0.25) is 5.10 Å². The lowest BCUT2D eigenvalue weighted by Gasteiger charge is -2.10. The molecule has 92 valence electrons. The number of aromatic amines is 1. The van der Waals surface area contributed by atoms with E-state index in [-0.39, 0.29) is 0 Å². The number of H-pyrrole nitrogens is 1. The normalized spacial score (nSPS) is 12.9. The Morgan fingerprint density at radius 1 is 1.47 bits per heavy atom. The van der Waals surface area contributed by atoms with Crippen molar-refractivity contribution in [1.82, 2.24) is 20.5 Å². The van der Waals surface area contributed by atoms with E-state index in [0.717, 1.165) is 24.5 Å². The highest BCUT2D eigenvalue weighted by Crippen LogP contribution is 2.16. The molecule has 0 bridgehead atoms. The lowest BCUT2D eigenvalue weighted by atomic mass is 10.1. The van der Waals surface area contributed by atoms with Crippen LogP contribution in [0.5, 0.6) is 0 Å². The average molecular weight is 250 g/mol. The van der Waals surface area contributed by atoms with Gasteiger partial charge in [0, 0.05) is 41.8 Å². The van der Waals surface area contributed by atoms with Crippen molar-refractivity contribution in [3.8, 4) is 0 Å². The quantitative estimate of drug-likeness (QED) is 0.856. The molecule has 0 aliphatic carbocycles. The van der Waals surface area contributed by atoms with E-state index in [9.17, 15) is 0 Å². The zero-order valence-corrected chi connectivity index (χ0v) is 11.3. The standard InChI is InChI=1S/C12H18N4S/c1-8(12-14-4-5-17-12)6-13-7-11-9(2)15-16-10(11)3/h4-5,8,13H,6-7H2,1-3H3,(H,15,16). The Morgan fingerprint density at radius 2 is 2.29 bits per heavy atom. The highest BCUT2D eigenvalue weighted by molar-refractivity contribution is 7.09. The van der Waals surface area contributed by atoms with Crippen molar-refractivity contribution in [3.05, 3.63) is 33.5 Å². The summed E-state index contributed by atoms with van der Waals surface area (Å²) in [5.41, 5.74) is 3.50. The lowest BCUT2D eigenvalue weighted by molar-refractivity contribution is 0.610. The highest BCUT2D eigenvalue weighted by atomic mass is 32.1. The molecule has 0 aromatic carbocycles. The highest BCUT2D eigenvalue weighted by Gasteiger charge is 2.09. The second kappa shape index (κ2) is 5.42. The van der Waals surface area contributed by atoms with Gasteiger partial charge in [-0.05, 0) is 13.8 Å². The second-order valence-corrected chi connectivity index (χ2v) is 5.24. The van der Waals surface area contributed by atoms with Gasteiger partial charge >= 0.3 is 0 Å². The Bertz CT molecular complexity index is 441. The Labute approximate surface area is 105 Å². The summed E-state index contributed by atoms with van der Waals surface area (Å²) in [6.45, 7) is 8.09. The van der Waals surface area contributed by atoms with Crippen LogP contribution in [-0.4, -0.2) is 21.7 Å². The van der Waals surface area contributed by atoms with Gasteiger partial charge < -0.3 is 5.32 Å². The minimum Gasteiger partial charge on any atom is -0.312 e. The van der Waals surface area contributed by atoms with E-state index in [4.69, 9.17) is 0 Å². The van der Waals surface area contributed by atoms with E-state index in [0.29, 0.717) is 5.92 Å². The van der Waals surface area contributed by atoms with Crippen LogP contribution in [0.4, 0.5) is 0 Å². The molecule has 2 aromatic rings. The number of aryl methyl sites for hydroxylation is 2. The molecule has 17 heavy (non-hydrogen) atoms. The Hall–Kier alpha value is -1.20. The number of nitrogens with zero attached hydrogens (tertiary/aromatic N) is 2. The van der Waals surface area contributed by atoms with Crippen LogP contribution in [0, 0.1) is 13.8 Å². The molecule has 0 aliphatic rings. The van der Waals surface area contributed by atoms with Crippen molar-refractivity contribution < 1.29 is 0 Å². The van der Waals surface area contributed by atoms with Crippen molar-refractivity contribution in [2.24, 2.45) is 0 Å². The smallest absolute Gasteiger partial charge is 0.0965 e. The summed E-state index contributed by atoms with van der Waals surface area (Å²) >= 11 is 1.72. The van der Waals surface area contributed by atoms with E-state index in [1.807, 2.05) is 18.5 Å². The lowest BCUT2D eigenvalue weighted by Crippen LogP contribution is -2.20. The Balaban J connectivity index is 1.84. The first kappa shape index (κ1) is 12.3. The second-order valence-electron chi connectivity index (χ2n) is 4.31. The Morgan fingerprint density at radius 3 is 2.88 bits per heavy atom. The van der Waals surface area contributed by atoms with E-state index in [1.165, 1.54) is 10.6 Å². The van der Waals surface area contributed by atoms with Crippen LogP contribution >= 0.6 is 11.3 Å². The number of hydrogen-bond donors (Lipinski definition) is 2. The monoisotopic (exact) mass is 250 g/mol. The van der Waals surface area contributed by atoms with E-state index < -0.39 is 0 Å². The number of nitrogens with one attached hydrogen (secondary N) is 2. The largest absolute Gasteiger partial charge is 0.312 e. The molecule has 1 unspecified atom stereocenters. The molecule has 1 atom stereocenters. The summed E-state index contributed by atoms with van der Waals surface area (Å²) in [6.07, 6.45) is 1.86. The molecule has 0 amide bonds. The van der Waals surface area contributed by atoms with Crippen molar-refractivity contribution in [3.63, 3.8) is 0 Å². The fourth-order valence-electron chi connectivity index (χ4n) is 1.81. The Kier molecular flexibility index (Phi) is 3.91. The summed E-state index contributed by atoms with van der Waals surface area (Å²) in [5.74, 6) is 0.461. The van der Waals surface area contributed by atoms with Gasteiger partial charge in [-0.25, -0.2) is 4.98 Å². The third-order valence-corrected chi connectivity index (χ3v) is 3.91. The zero-order chi connectivity index (χ0) is 12.3. The molecule has 0 fully saturated rings. The number of hydrogen-bond acceptors (Lipinski definition) is 4. The van der Waals surface area contributed by atoms with Gasteiger partial charge in [-0.2, -0.15) is 5.10 Å². The number of thiazole rings is 1. The van der Waals surface area contributed by atoms with Crippen LogP contribution in [-0.2, 0) is 6.54 Å². The third kappa shape index (κ3) is 2.92. The van der Waals surface area contributed by atoms with Crippen LogP contribution in [0.2, 0.25) is 0 Å². The maximum Gasteiger partial charge on any atom is 0.0965 e. The molecule has 2 heterocycles. The molecular formula is C12H18N4S. The van der Waals surface area contributed by atoms with Crippen LogP contribution in [0.3, 0.4) is 0 Å². The molecule has 0 saturated heterocycles. The molecule has 0 spiro atoms. The van der Waals surface area contributed by atoms with Crippen molar-refractivity contribution in [1.29, 1.82) is 0 Å². The molecule has 0 aliphatic heterocycles. The minimum atomic E-state index is 0.461. The van der Waals surface area contributed by atoms with Gasteiger partial charge in [0.25, 0.3) is 0 Å². The fraction of sp³-hybridized carbons (Fsp3) is 0.500. The minimum absolute atomic E-state index is 0.461. The third-order valence-electron chi connectivity index (χ3n) is 2.91. The van der Waals surface area contributed by atoms with Crippen molar-refractivity contribution in [2.75, 3.05) is 6.54 Å². The number of aromatic nitrogens is 3. The molecule has 0 radical (unpaired) electrons. The fourth-order valence-corrected chi connectivity index (χ4v) is 2.51. The van der Waals surface area contributed by atoms with Gasteiger partial charge in [0.15, 0.2) is 0 Å². The first-order valence-electron chi connectivity index (χ1n) is 5.79. The molecule has 4 nitrogen and oxygen atoms in total. The summed E-state index contributed by atoms with van der Waals surface area (Å²) in [5, 5.41) is 13.9. The average Bonchev–Trinajstić information content (AvgIpc) is 2.93. The maximum absolute atomic E-state index is 4.33. The van der Waals surface area contributed by atoms with Crippen LogP contribution in [0.1, 0.15) is 34.8 Å².